The maximum absolute atomic E-state index is 12.2. The molecule has 0 heterocycles. The van der Waals surface area contributed by atoms with Crippen LogP contribution >= 0.6 is 0 Å². The average molecular weight is 359 g/mol. The van der Waals surface area contributed by atoms with Gasteiger partial charge in [-0.15, -0.1) is 0 Å². The molecule has 0 aliphatic heterocycles. The fourth-order valence-corrected chi connectivity index (χ4v) is 4.89. The quantitative estimate of drug-likeness (QED) is 0.422. The summed E-state index contributed by atoms with van der Waals surface area (Å²) in [5.41, 5.74) is 2.98. The van der Waals surface area contributed by atoms with E-state index >= 15 is 0 Å². The van der Waals surface area contributed by atoms with Crippen LogP contribution in [-0.2, 0) is 16.0 Å². The van der Waals surface area contributed by atoms with Gasteiger partial charge in [-0.2, -0.15) is 0 Å². The highest BCUT2D eigenvalue weighted by atomic mass is 16.7. The SMILES string of the molecule is CCCC(CCC)C(=O)OCOc1ccc2c(c1)C1CCCCC1CC2. The van der Waals surface area contributed by atoms with E-state index in [1.54, 1.807) is 0 Å². The molecule has 0 aromatic heterocycles. The van der Waals surface area contributed by atoms with E-state index in [1.807, 2.05) is 6.07 Å². The van der Waals surface area contributed by atoms with Gasteiger partial charge in [0.15, 0.2) is 0 Å². The number of carbonyl (C=O) groups is 1. The Balaban J connectivity index is 1.57. The Hall–Kier alpha value is -1.51. The molecule has 0 amide bonds. The predicted molar refractivity (Wildman–Crippen MR) is 104 cm³/mol. The van der Waals surface area contributed by atoms with Gasteiger partial charge in [-0.1, -0.05) is 45.6 Å². The van der Waals surface area contributed by atoms with E-state index in [2.05, 4.69) is 26.0 Å². The number of hydrogen-bond donors (Lipinski definition) is 0. The van der Waals surface area contributed by atoms with Gasteiger partial charge in [0.2, 0.25) is 6.79 Å². The van der Waals surface area contributed by atoms with Crippen LogP contribution in [0.25, 0.3) is 0 Å². The number of fused-ring (bicyclic) bond motifs is 3. The fraction of sp³-hybridized carbons (Fsp3) is 0.696. The third-order valence-corrected chi connectivity index (χ3v) is 6.24. The van der Waals surface area contributed by atoms with Crippen molar-refractivity contribution in [2.45, 2.75) is 84.0 Å². The van der Waals surface area contributed by atoms with Crippen molar-refractivity contribution in [3.8, 4) is 5.75 Å². The zero-order valence-corrected chi connectivity index (χ0v) is 16.5. The minimum atomic E-state index is -0.112. The minimum Gasteiger partial charge on any atom is -0.457 e. The molecule has 0 N–H and O–H groups in total. The first kappa shape index (κ1) is 19.3. The lowest BCUT2D eigenvalue weighted by atomic mass is 9.68. The molecule has 3 rings (SSSR count). The summed E-state index contributed by atoms with van der Waals surface area (Å²) in [6.07, 6.45) is 11.8. The number of carbonyl (C=O) groups excluding carboxylic acids is 1. The van der Waals surface area contributed by atoms with Gasteiger partial charge in [-0.05, 0) is 73.6 Å². The summed E-state index contributed by atoms with van der Waals surface area (Å²) in [5, 5.41) is 0. The molecule has 0 radical (unpaired) electrons. The van der Waals surface area contributed by atoms with Crippen LogP contribution in [0.15, 0.2) is 18.2 Å². The summed E-state index contributed by atoms with van der Waals surface area (Å²) in [7, 11) is 0. The van der Waals surface area contributed by atoms with E-state index in [4.69, 9.17) is 9.47 Å². The Kier molecular flexibility index (Phi) is 6.99. The van der Waals surface area contributed by atoms with Crippen molar-refractivity contribution < 1.29 is 14.3 Å². The molecular formula is C23H34O3. The molecule has 2 aliphatic rings. The molecule has 26 heavy (non-hydrogen) atoms. The lowest BCUT2D eigenvalue weighted by Crippen LogP contribution is -2.24. The third kappa shape index (κ3) is 4.61. The van der Waals surface area contributed by atoms with Crippen molar-refractivity contribution in [3.05, 3.63) is 29.3 Å². The van der Waals surface area contributed by atoms with Crippen LogP contribution in [0, 0.1) is 11.8 Å². The summed E-state index contributed by atoms with van der Waals surface area (Å²) >= 11 is 0. The second kappa shape index (κ2) is 9.43. The van der Waals surface area contributed by atoms with Crippen LogP contribution in [-0.4, -0.2) is 12.8 Å². The molecule has 1 saturated carbocycles. The number of benzene rings is 1. The normalized spacial score (nSPS) is 21.8. The number of hydrogen-bond acceptors (Lipinski definition) is 3. The van der Waals surface area contributed by atoms with Crippen molar-refractivity contribution in [2.75, 3.05) is 6.79 Å². The van der Waals surface area contributed by atoms with E-state index in [0.717, 1.165) is 37.4 Å². The van der Waals surface area contributed by atoms with Crippen LogP contribution < -0.4 is 4.74 Å². The Morgan fingerprint density at radius 3 is 2.65 bits per heavy atom. The maximum atomic E-state index is 12.2. The van der Waals surface area contributed by atoms with E-state index in [1.165, 1.54) is 49.7 Å². The monoisotopic (exact) mass is 358 g/mol. The molecule has 1 fully saturated rings. The summed E-state index contributed by atoms with van der Waals surface area (Å²) in [6.45, 7) is 4.24. The molecule has 144 valence electrons. The lowest BCUT2D eigenvalue weighted by molar-refractivity contribution is -0.155. The van der Waals surface area contributed by atoms with Gasteiger partial charge in [-0.25, -0.2) is 0 Å². The Bertz CT molecular complexity index is 589. The van der Waals surface area contributed by atoms with Crippen molar-refractivity contribution in [1.82, 2.24) is 0 Å². The van der Waals surface area contributed by atoms with E-state index in [9.17, 15) is 4.79 Å². The lowest BCUT2D eigenvalue weighted by Gasteiger charge is -2.37. The molecule has 2 aliphatic carbocycles. The topological polar surface area (TPSA) is 35.5 Å². The number of aryl methyl sites for hydroxylation is 1. The van der Waals surface area contributed by atoms with Crippen LogP contribution in [0.4, 0.5) is 0 Å². The molecule has 2 atom stereocenters. The van der Waals surface area contributed by atoms with E-state index in [0.29, 0.717) is 5.92 Å². The Morgan fingerprint density at radius 1 is 1.12 bits per heavy atom. The number of ether oxygens (including phenoxy) is 2. The summed E-state index contributed by atoms with van der Waals surface area (Å²) in [5.74, 6) is 2.30. The van der Waals surface area contributed by atoms with Gasteiger partial charge in [0.1, 0.15) is 5.75 Å². The van der Waals surface area contributed by atoms with Crippen LogP contribution in [0.5, 0.6) is 5.75 Å². The summed E-state index contributed by atoms with van der Waals surface area (Å²) < 4.78 is 11.2. The maximum Gasteiger partial charge on any atom is 0.311 e. The number of esters is 1. The van der Waals surface area contributed by atoms with Gasteiger partial charge in [-0.3, -0.25) is 4.79 Å². The van der Waals surface area contributed by atoms with E-state index < -0.39 is 0 Å². The smallest absolute Gasteiger partial charge is 0.311 e. The van der Waals surface area contributed by atoms with Gasteiger partial charge in [0, 0.05) is 0 Å². The highest BCUT2D eigenvalue weighted by Gasteiger charge is 2.31. The van der Waals surface area contributed by atoms with Crippen molar-refractivity contribution in [2.24, 2.45) is 11.8 Å². The summed E-state index contributed by atoms with van der Waals surface area (Å²) in [6, 6.07) is 6.46. The molecular weight excluding hydrogens is 324 g/mol. The van der Waals surface area contributed by atoms with Crippen molar-refractivity contribution in [3.63, 3.8) is 0 Å². The van der Waals surface area contributed by atoms with Crippen molar-refractivity contribution in [1.29, 1.82) is 0 Å². The second-order valence-corrected chi connectivity index (χ2v) is 8.05. The molecule has 0 spiro atoms. The first-order chi connectivity index (χ1) is 12.7. The highest BCUT2D eigenvalue weighted by molar-refractivity contribution is 5.72. The van der Waals surface area contributed by atoms with Crippen molar-refractivity contribution >= 4 is 5.97 Å². The predicted octanol–water partition coefficient (Wildman–Crippen LogP) is 6.00. The highest BCUT2D eigenvalue weighted by Crippen LogP contribution is 2.45. The summed E-state index contributed by atoms with van der Waals surface area (Å²) in [4.78, 5) is 12.2. The molecule has 0 saturated heterocycles. The third-order valence-electron chi connectivity index (χ3n) is 6.24. The Labute approximate surface area is 158 Å². The fourth-order valence-electron chi connectivity index (χ4n) is 4.89. The largest absolute Gasteiger partial charge is 0.457 e. The molecule has 2 unspecified atom stereocenters. The molecule has 3 nitrogen and oxygen atoms in total. The van der Waals surface area contributed by atoms with Gasteiger partial charge in [0.05, 0.1) is 5.92 Å². The zero-order chi connectivity index (χ0) is 18.4. The second-order valence-electron chi connectivity index (χ2n) is 8.05. The molecule has 1 aromatic carbocycles. The first-order valence-corrected chi connectivity index (χ1v) is 10.6. The van der Waals surface area contributed by atoms with Gasteiger partial charge >= 0.3 is 5.97 Å². The van der Waals surface area contributed by atoms with Gasteiger partial charge < -0.3 is 9.47 Å². The first-order valence-electron chi connectivity index (χ1n) is 10.6. The average Bonchev–Trinajstić information content (AvgIpc) is 2.67. The molecule has 0 bridgehead atoms. The van der Waals surface area contributed by atoms with Gasteiger partial charge in [0.25, 0.3) is 0 Å². The molecule has 1 aromatic rings. The zero-order valence-electron chi connectivity index (χ0n) is 16.5. The Morgan fingerprint density at radius 2 is 1.88 bits per heavy atom. The minimum absolute atomic E-state index is 0.0140. The van der Waals surface area contributed by atoms with Crippen LogP contribution in [0.2, 0.25) is 0 Å². The van der Waals surface area contributed by atoms with Crippen LogP contribution in [0.3, 0.4) is 0 Å². The van der Waals surface area contributed by atoms with Crippen LogP contribution in [0.1, 0.15) is 88.7 Å². The molecule has 3 heteroatoms. The van der Waals surface area contributed by atoms with E-state index in [-0.39, 0.29) is 18.7 Å². The standard InChI is InChI=1S/C23H34O3/c1-3-7-19(8-4-2)23(24)26-16-25-20-14-13-18-12-11-17-9-5-6-10-21(17)22(18)15-20/h13-15,17,19,21H,3-12,16H2,1-2H3. The number of rotatable bonds is 8.